The largest absolute Gasteiger partial charge is 0.486 e. The van der Waals surface area contributed by atoms with Crippen LogP contribution in [-0.2, 0) is 4.79 Å². The number of carbonyl (C=O) groups is 2. The molecule has 4 rings (SSSR count). The molecule has 3 heterocycles. The number of ether oxygens (including phenoxy) is 2. The fraction of sp³-hybridized carbons (Fsp3) is 0.389. The van der Waals surface area contributed by atoms with Gasteiger partial charge in [-0.1, -0.05) is 0 Å². The molecule has 0 saturated carbocycles. The number of rotatable bonds is 3. The summed E-state index contributed by atoms with van der Waals surface area (Å²) in [4.78, 5) is 29.5. The molecule has 0 radical (unpaired) electrons. The van der Waals surface area contributed by atoms with Gasteiger partial charge >= 0.3 is 5.97 Å². The van der Waals surface area contributed by atoms with Crippen LogP contribution >= 0.6 is 0 Å². The van der Waals surface area contributed by atoms with Gasteiger partial charge in [-0.25, -0.2) is 9.78 Å². The SMILES string of the molecule is O=C(c1ncoc1-c1ccc2c(c1)OCCO2)N1CCC(O)(C(=O)O)CC1. The molecule has 1 saturated heterocycles. The number of fused-ring (bicyclic) bond motifs is 1. The third-order valence-electron chi connectivity index (χ3n) is 4.85. The molecular weight excluding hydrogens is 356 g/mol. The highest BCUT2D eigenvalue weighted by Crippen LogP contribution is 2.36. The lowest BCUT2D eigenvalue weighted by Crippen LogP contribution is -2.50. The number of hydrogen-bond donors (Lipinski definition) is 2. The number of amides is 1. The van der Waals surface area contributed by atoms with E-state index in [1.165, 1.54) is 11.3 Å². The quantitative estimate of drug-likeness (QED) is 0.821. The monoisotopic (exact) mass is 374 g/mol. The van der Waals surface area contributed by atoms with Crippen LogP contribution in [-0.4, -0.2) is 63.9 Å². The molecule has 1 fully saturated rings. The summed E-state index contributed by atoms with van der Waals surface area (Å²) in [6.07, 6.45) is 1.12. The molecule has 9 nitrogen and oxygen atoms in total. The first-order valence-corrected chi connectivity index (χ1v) is 8.56. The Hall–Kier alpha value is -3.07. The van der Waals surface area contributed by atoms with E-state index in [-0.39, 0.29) is 37.5 Å². The maximum Gasteiger partial charge on any atom is 0.335 e. The van der Waals surface area contributed by atoms with Gasteiger partial charge in [-0.15, -0.1) is 0 Å². The zero-order valence-corrected chi connectivity index (χ0v) is 14.4. The van der Waals surface area contributed by atoms with E-state index in [0.717, 1.165) is 0 Å². The van der Waals surface area contributed by atoms with E-state index < -0.39 is 11.6 Å². The van der Waals surface area contributed by atoms with Crippen LogP contribution in [0.15, 0.2) is 29.0 Å². The zero-order chi connectivity index (χ0) is 19.0. The Balaban J connectivity index is 1.56. The Labute approximate surface area is 154 Å². The average Bonchev–Trinajstić information content (AvgIpc) is 3.17. The van der Waals surface area contributed by atoms with Crippen molar-refractivity contribution in [2.75, 3.05) is 26.3 Å². The average molecular weight is 374 g/mol. The second kappa shape index (κ2) is 6.58. The maximum absolute atomic E-state index is 12.8. The first-order chi connectivity index (χ1) is 13.0. The van der Waals surface area contributed by atoms with Gasteiger partial charge in [0, 0.05) is 31.5 Å². The second-order valence-electron chi connectivity index (χ2n) is 6.52. The van der Waals surface area contributed by atoms with Gasteiger partial charge in [0.25, 0.3) is 5.91 Å². The second-order valence-corrected chi connectivity index (χ2v) is 6.52. The lowest BCUT2D eigenvalue weighted by Gasteiger charge is -2.35. The maximum atomic E-state index is 12.8. The number of oxazole rings is 1. The highest BCUT2D eigenvalue weighted by atomic mass is 16.6. The number of carbonyl (C=O) groups excluding carboxylic acids is 1. The van der Waals surface area contributed by atoms with Crippen molar-refractivity contribution < 1.29 is 33.7 Å². The van der Waals surface area contributed by atoms with Crippen LogP contribution in [0, 0.1) is 0 Å². The van der Waals surface area contributed by atoms with E-state index in [0.29, 0.717) is 36.0 Å². The van der Waals surface area contributed by atoms with Crippen LogP contribution in [0.2, 0.25) is 0 Å². The van der Waals surface area contributed by atoms with E-state index >= 15 is 0 Å². The summed E-state index contributed by atoms with van der Waals surface area (Å²) in [7, 11) is 0. The number of likely N-dealkylation sites (tertiary alicyclic amines) is 1. The van der Waals surface area contributed by atoms with Gasteiger partial charge in [0.15, 0.2) is 34.9 Å². The van der Waals surface area contributed by atoms with Crippen LogP contribution in [0.4, 0.5) is 0 Å². The number of piperidine rings is 1. The summed E-state index contributed by atoms with van der Waals surface area (Å²) in [6.45, 7) is 1.17. The fourth-order valence-corrected chi connectivity index (χ4v) is 3.23. The molecule has 0 unspecified atom stereocenters. The number of aliphatic carboxylic acids is 1. The van der Waals surface area contributed by atoms with Gasteiger partial charge in [-0.05, 0) is 18.2 Å². The summed E-state index contributed by atoms with van der Waals surface area (Å²) in [5.74, 6) is -0.149. The number of hydrogen-bond acceptors (Lipinski definition) is 7. The van der Waals surface area contributed by atoms with Crippen molar-refractivity contribution >= 4 is 11.9 Å². The van der Waals surface area contributed by atoms with Crippen molar-refractivity contribution in [1.29, 1.82) is 0 Å². The van der Waals surface area contributed by atoms with E-state index in [9.17, 15) is 14.7 Å². The Kier molecular flexibility index (Phi) is 4.23. The first-order valence-electron chi connectivity index (χ1n) is 8.56. The van der Waals surface area contributed by atoms with E-state index in [1.54, 1.807) is 18.2 Å². The molecule has 0 atom stereocenters. The van der Waals surface area contributed by atoms with Crippen molar-refractivity contribution in [1.82, 2.24) is 9.88 Å². The van der Waals surface area contributed by atoms with Crippen LogP contribution in [0.5, 0.6) is 11.5 Å². The number of aromatic nitrogens is 1. The Bertz CT molecular complexity index is 884. The van der Waals surface area contributed by atoms with Crippen molar-refractivity contribution in [2.24, 2.45) is 0 Å². The molecule has 2 aliphatic rings. The predicted molar refractivity (Wildman–Crippen MR) is 90.7 cm³/mol. The molecule has 27 heavy (non-hydrogen) atoms. The van der Waals surface area contributed by atoms with Crippen LogP contribution in [0.1, 0.15) is 23.3 Å². The van der Waals surface area contributed by atoms with Crippen LogP contribution in [0.3, 0.4) is 0 Å². The van der Waals surface area contributed by atoms with E-state index in [4.69, 9.17) is 19.0 Å². The number of nitrogens with zero attached hydrogens (tertiary/aromatic N) is 2. The van der Waals surface area contributed by atoms with Gasteiger partial charge in [0.1, 0.15) is 13.2 Å². The smallest absolute Gasteiger partial charge is 0.335 e. The molecular formula is C18H18N2O7. The third kappa shape index (κ3) is 3.10. The number of carboxylic acids is 1. The fourth-order valence-electron chi connectivity index (χ4n) is 3.23. The van der Waals surface area contributed by atoms with Gasteiger partial charge in [0.2, 0.25) is 0 Å². The van der Waals surface area contributed by atoms with Crippen molar-refractivity contribution in [3.63, 3.8) is 0 Å². The molecule has 2 aliphatic heterocycles. The van der Waals surface area contributed by atoms with Crippen LogP contribution in [0.25, 0.3) is 11.3 Å². The number of benzene rings is 1. The van der Waals surface area contributed by atoms with Crippen molar-refractivity contribution in [3.05, 3.63) is 30.3 Å². The molecule has 1 aromatic carbocycles. The summed E-state index contributed by atoms with van der Waals surface area (Å²) in [6, 6.07) is 5.23. The summed E-state index contributed by atoms with van der Waals surface area (Å²) < 4.78 is 16.5. The molecule has 9 heteroatoms. The topological polar surface area (TPSA) is 122 Å². The Morgan fingerprint density at radius 1 is 1.11 bits per heavy atom. The Morgan fingerprint density at radius 3 is 2.52 bits per heavy atom. The van der Waals surface area contributed by atoms with Crippen molar-refractivity contribution in [3.8, 4) is 22.8 Å². The predicted octanol–water partition coefficient (Wildman–Crippen LogP) is 1.16. The zero-order valence-electron chi connectivity index (χ0n) is 14.4. The highest BCUT2D eigenvalue weighted by molar-refractivity contribution is 5.98. The Morgan fingerprint density at radius 2 is 1.81 bits per heavy atom. The molecule has 0 spiro atoms. The molecule has 2 aromatic rings. The van der Waals surface area contributed by atoms with Gasteiger partial charge in [0.05, 0.1) is 0 Å². The van der Waals surface area contributed by atoms with E-state index in [1.807, 2.05) is 0 Å². The summed E-state index contributed by atoms with van der Waals surface area (Å²) in [5, 5.41) is 19.1. The highest BCUT2D eigenvalue weighted by Gasteiger charge is 2.41. The molecule has 1 aromatic heterocycles. The third-order valence-corrected chi connectivity index (χ3v) is 4.85. The van der Waals surface area contributed by atoms with Gasteiger partial charge in [-0.2, -0.15) is 0 Å². The molecule has 2 N–H and O–H groups in total. The van der Waals surface area contributed by atoms with Gasteiger partial charge in [-0.3, -0.25) is 4.79 Å². The summed E-state index contributed by atoms with van der Waals surface area (Å²) in [5.41, 5.74) is -1.04. The molecule has 0 aliphatic carbocycles. The van der Waals surface area contributed by atoms with Crippen LogP contribution < -0.4 is 9.47 Å². The standard InChI is InChI=1S/C18H18N2O7/c21-16(20-5-3-18(24,4-6-20)17(22)23)14-15(27-10-19-14)11-1-2-12-13(9-11)26-8-7-25-12/h1-2,9-10,24H,3-8H2,(H,22,23). The normalized spacial score (nSPS) is 18.2. The molecule has 142 valence electrons. The minimum atomic E-state index is -1.79. The minimum absolute atomic E-state index is 0.0364. The molecule has 0 bridgehead atoms. The van der Waals surface area contributed by atoms with E-state index in [2.05, 4.69) is 4.98 Å². The first kappa shape index (κ1) is 17.3. The minimum Gasteiger partial charge on any atom is -0.486 e. The van der Waals surface area contributed by atoms with Crippen molar-refractivity contribution in [2.45, 2.75) is 18.4 Å². The lowest BCUT2D eigenvalue weighted by atomic mass is 9.91. The summed E-state index contributed by atoms with van der Waals surface area (Å²) >= 11 is 0. The molecule has 1 amide bonds. The van der Waals surface area contributed by atoms with Gasteiger partial charge < -0.3 is 29.0 Å². The number of aliphatic hydroxyl groups is 1. The number of carboxylic acid groups (broad SMARTS) is 1. The lowest BCUT2D eigenvalue weighted by molar-refractivity contribution is -0.162.